The van der Waals surface area contributed by atoms with Crippen molar-refractivity contribution in [3.05, 3.63) is 35.4 Å². The van der Waals surface area contributed by atoms with Crippen LogP contribution in [0, 0.1) is 0 Å². The number of aryl methyl sites for hydroxylation is 1. The van der Waals surface area contributed by atoms with Gasteiger partial charge in [0.2, 0.25) is 0 Å². The summed E-state index contributed by atoms with van der Waals surface area (Å²) in [5, 5.41) is 0. The predicted octanol–water partition coefficient (Wildman–Crippen LogP) is 4.39. The van der Waals surface area contributed by atoms with E-state index in [1.807, 2.05) is 6.34 Å². The van der Waals surface area contributed by atoms with Crippen LogP contribution in [0.2, 0.25) is 0 Å². The topological polar surface area (TPSA) is 41.6 Å². The molecule has 0 saturated carbocycles. The van der Waals surface area contributed by atoms with Crippen LogP contribution in [0.4, 0.5) is 0 Å². The molecule has 0 aliphatic rings. The molecule has 0 heterocycles. The summed E-state index contributed by atoms with van der Waals surface area (Å²) in [7, 11) is 0. The summed E-state index contributed by atoms with van der Waals surface area (Å²) in [5.41, 5.74) is 8.91. The number of nitrogens with zero attached hydrogens (tertiary/aromatic N) is 2. The molecule has 1 rings (SSSR count). The van der Waals surface area contributed by atoms with E-state index in [9.17, 15) is 0 Å². The molecule has 1 unspecified atom stereocenters. The van der Waals surface area contributed by atoms with Gasteiger partial charge < -0.3 is 10.6 Å². The number of nitrogens with two attached hydrogens (primary N) is 1. The molecule has 0 saturated heterocycles. The van der Waals surface area contributed by atoms with Crippen molar-refractivity contribution in [3.8, 4) is 0 Å². The molecular weight excluding hydrogens is 294 g/mol. The fraction of sp³-hybridized carbons (Fsp3) is 0.667. The lowest BCUT2D eigenvalue weighted by Crippen LogP contribution is -2.36. The van der Waals surface area contributed by atoms with Crippen molar-refractivity contribution in [1.29, 1.82) is 0 Å². The van der Waals surface area contributed by atoms with Crippen LogP contribution in [0.1, 0.15) is 65.0 Å². The number of aliphatic imine (C=N–C) groups is 1. The molecule has 3 nitrogen and oxygen atoms in total. The fourth-order valence-electron chi connectivity index (χ4n) is 3.02. The molecule has 0 aliphatic heterocycles. The van der Waals surface area contributed by atoms with Crippen LogP contribution in [-0.4, -0.2) is 36.9 Å². The SMILES string of the molecule is CCN=CN(CC)C(CCN)CCCc1cccc(C(C)(C)C)c1. The zero-order valence-corrected chi connectivity index (χ0v) is 16.4. The van der Waals surface area contributed by atoms with E-state index in [-0.39, 0.29) is 5.41 Å². The van der Waals surface area contributed by atoms with E-state index in [0.29, 0.717) is 6.04 Å². The van der Waals surface area contributed by atoms with Gasteiger partial charge in [-0.2, -0.15) is 0 Å². The Morgan fingerprint density at radius 2 is 1.96 bits per heavy atom. The Labute approximate surface area is 149 Å². The predicted molar refractivity (Wildman–Crippen MR) is 107 cm³/mol. The summed E-state index contributed by atoms with van der Waals surface area (Å²) < 4.78 is 0. The molecule has 0 amide bonds. The Kier molecular flexibility index (Phi) is 9.05. The van der Waals surface area contributed by atoms with Crippen molar-refractivity contribution in [2.75, 3.05) is 19.6 Å². The highest BCUT2D eigenvalue weighted by Gasteiger charge is 2.15. The second-order valence-electron chi connectivity index (χ2n) is 7.52. The normalized spacial score (nSPS) is 13.4. The molecule has 136 valence electrons. The van der Waals surface area contributed by atoms with Gasteiger partial charge in [0.1, 0.15) is 0 Å². The first kappa shape index (κ1) is 20.7. The summed E-state index contributed by atoms with van der Waals surface area (Å²) in [6, 6.07) is 9.55. The maximum Gasteiger partial charge on any atom is 0.0852 e. The average molecular weight is 332 g/mol. The highest BCUT2D eigenvalue weighted by molar-refractivity contribution is 5.55. The quantitative estimate of drug-likeness (QED) is 0.510. The first-order chi connectivity index (χ1) is 11.4. The van der Waals surface area contributed by atoms with Crippen LogP contribution in [0.5, 0.6) is 0 Å². The van der Waals surface area contributed by atoms with Crippen LogP contribution < -0.4 is 5.73 Å². The molecule has 0 spiro atoms. The Morgan fingerprint density at radius 3 is 2.54 bits per heavy atom. The molecule has 24 heavy (non-hydrogen) atoms. The van der Waals surface area contributed by atoms with Crippen molar-refractivity contribution < 1.29 is 0 Å². The van der Waals surface area contributed by atoms with E-state index in [2.05, 4.69) is 68.8 Å². The average Bonchev–Trinajstić information content (AvgIpc) is 2.55. The number of benzene rings is 1. The van der Waals surface area contributed by atoms with Gasteiger partial charge in [0, 0.05) is 19.1 Å². The Morgan fingerprint density at radius 1 is 1.21 bits per heavy atom. The van der Waals surface area contributed by atoms with Crippen LogP contribution in [-0.2, 0) is 11.8 Å². The van der Waals surface area contributed by atoms with Gasteiger partial charge in [0.05, 0.1) is 6.34 Å². The van der Waals surface area contributed by atoms with Gasteiger partial charge >= 0.3 is 0 Å². The molecule has 3 heteroatoms. The third-order valence-electron chi connectivity index (χ3n) is 4.54. The molecule has 1 aromatic rings. The number of rotatable bonds is 10. The lowest BCUT2D eigenvalue weighted by atomic mass is 9.85. The summed E-state index contributed by atoms with van der Waals surface area (Å²) in [6.45, 7) is 13.7. The highest BCUT2D eigenvalue weighted by Crippen LogP contribution is 2.23. The molecule has 2 N–H and O–H groups in total. The zero-order valence-electron chi connectivity index (χ0n) is 16.4. The van der Waals surface area contributed by atoms with Gasteiger partial charge in [-0.15, -0.1) is 0 Å². The van der Waals surface area contributed by atoms with Crippen LogP contribution in [0.3, 0.4) is 0 Å². The Balaban J connectivity index is 2.63. The van der Waals surface area contributed by atoms with Crippen LogP contribution in [0.25, 0.3) is 0 Å². The van der Waals surface area contributed by atoms with E-state index in [0.717, 1.165) is 32.5 Å². The van der Waals surface area contributed by atoms with Gasteiger partial charge in [-0.3, -0.25) is 4.99 Å². The third kappa shape index (κ3) is 7.04. The molecule has 0 bridgehead atoms. The number of hydrogen-bond donors (Lipinski definition) is 1. The lowest BCUT2D eigenvalue weighted by Gasteiger charge is -2.29. The van der Waals surface area contributed by atoms with E-state index < -0.39 is 0 Å². The van der Waals surface area contributed by atoms with Crippen molar-refractivity contribution in [1.82, 2.24) is 4.90 Å². The van der Waals surface area contributed by atoms with Crippen molar-refractivity contribution in [3.63, 3.8) is 0 Å². The lowest BCUT2D eigenvalue weighted by molar-refractivity contribution is 0.296. The van der Waals surface area contributed by atoms with E-state index in [1.54, 1.807) is 0 Å². The Hall–Kier alpha value is -1.35. The summed E-state index contributed by atoms with van der Waals surface area (Å²) in [4.78, 5) is 6.76. The standard InChI is InChI=1S/C21H37N3/c1-6-23-17-24(7-2)20(14-15-22)13-9-11-18-10-8-12-19(16-18)21(3,4)5/h8,10,12,16-17,20H,6-7,9,11,13-15,22H2,1-5H3. The monoisotopic (exact) mass is 331 g/mol. The second-order valence-corrected chi connectivity index (χ2v) is 7.52. The van der Waals surface area contributed by atoms with Gasteiger partial charge in [0.15, 0.2) is 0 Å². The minimum absolute atomic E-state index is 0.216. The maximum absolute atomic E-state index is 5.83. The maximum atomic E-state index is 5.83. The molecule has 1 aromatic carbocycles. The van der Waals surface area contributed by atoms with Crippen LogP contribution >= 0.6 is 0 Å². The minimum Gasteiger partial charge on any atom is -0.360 e. The Bertz CT molecular complexity index is 488. The molecule has 0 fully saturated rings. The van der Waals surface area contributed by atoms with Crippen molar-refractivity contribution in [2.45, 2.75) is 71.8 Å². The zero-order chi connectivity index (χ0) is 18.0. The van der Waals surface area contributed by atoms with Crippen molar-refractivity contribution in [2.24, 2.45) is 10.7 Å². The second kappa shape index (κ2) is 10.5. The van der Waals surface area contributed by atoms with Gasteiger partial charge in [-0.25, -0.2) is 0 Å². The van der Waals surface area contributed by atoms with Gasteiger partial charge in [0.25, 0.3) is 0 Å². The first-order valence-electron chi connectivity index (χ1n) is 9.47. The largest absolute Gasteiger partial charge is 0.360 e. The summed E-state index contributed by atoms with van der Waals surface area (Å²) >= 11 is 0. The van der Waals surface area contributed by atoms with Crippen LogP contribution in [0.15, 0.2) is 29.3 Å². The summed E-state index contributed by atoms with van der Waals surface area (Å²) in [5.74, 6) is 0. The number of hydrogen-bond acceptors (Lipinski definition) is 2. The summed E-state index contributed by atoms with van der Waals surface area (Å²) in [6.07, 6.45) is 6.54. The van der Waals surface area contributed by atoms with E-state index in [4.69, 9.17) is 5.73 Å². The molecule has 1 atom stereocenters. The van der Waals surface area contributed by atoms with E-state index >= 15 is 0 Å². The molecule has 0 aromatic heterocycles. The molecule has 0 aliphatic carbocycles. The minimum atomic E-state index is 0.216. The highest BCUT2D eigenvalue weighted by atomic mass is 15.2. The van der Waals surface area contributed by atoms with Gasteiger partial charge in [-0.1, -0.05) is 45.0 Å². The molecular formula is C21H37N3. The van der Waals surface area contributed by atoms with E-state index in [1.165, 1.54) is 24.0 Å². The molecule has 0 radical (unpaired) electrons. The first-order valence-corrected chi connectivity index (χ1v) is 9.47. The fourth-order valence-corrected chi connectivity index (χ4v) is 3.02. The third-order valence-corrected chi connectivity index (χ3v) is 4.54. The van der Waals surface area contributed by atoms with Crippen molar-refractivity contribution >= 4 is 6.34 Å². The smallest absolute Gasteiger partial charge is 0.0852 e. The van der Waals surface area contributed by atoms with Gasteiger partial charge in [-0.05, 0) is 62.6 Å².